The fraction of sp³-hybridized carbons (Fsp3) is 0.500. The molecule has 252 valence electrons. The average molecular weight is 664 g/mol. The quantitative estimate of drug-likeness (QED) is 0.349. The Bertz CT molecular complexity index is 1460. The zero-order valence-corrected chi connectivity index (χ0v) is 27.9. The minimum Gasteiger partial charge on any atom is -0.493 e. The van der Waals surface area contributed by atoms with Gasteiger partial charge < -0.3 is 29.9 Å². The lowest BCUT2D eigenvalue weighted by atomic mass is 10.0. The molecule has 1 saturated heterocycles. The fourth-order valence-corrected chi connectivity index (χ4v) is 6.65. The van der Waals surface area contributed by atoms with Gasteiger partial charge in [-0.25, -0.2) is 0 Å². The summed E-state index contributed by atoms with van der Waals surface area (Å²) in [7, 11) is 1.52. The second-order valence-electron chi connectivity index (χ2n) is 11.8. The van der Waals surface area contributed by atoms with Crippen molar-refractivity contribution in [3.8, 4) is 11.5 Å². The molecule has 0 spiro atoms. The third kappa shape index (κ3) is 10.2. The van der Waals surface area contributed by atoms with E-state index in [-0.39, 0.29) is 23.9 Å². The Morgan fingerprint density at radius 2 is 1.85 bits per heavy atom. The SMILES string of the molecule is COc1cccc2c1OCCCn1cc(nn1)CCN(C(=O)CSCCN1CCCC1)CCNC(=O)[C@H](Cc1ccccc1)NC2=O. The molecule has 0 aliphatic carbocycles. The highest BCUT2D eigenvalue weighted by atomic mass is 32.2. The van der Waals surface area contributed by atoms with Gasteiger partial charge in [-0.3, -0.25) is 19.1 Å². The molecule has 1 atom stereocenters. The summed E-state index contributed by atoms with van der Waals surface area (Å²) in [4.78, 5) is 44.9. The van der Waals surface area contributed by atoms with Gasteiger partial charge in [-0.2, -0.15) is 11.8 Å². The first-order chi connectivity index (χ1) is 23.0. The van der Waals surface area contributed by atoms with Crippen molar-refractivity contribution >= 4 is 29.5 Å². The van der Waals surface area contributed by atoms with Gasteiger partial charge in [-0.05, 0) is 43.6 Å². The summed E-state index contributed by atoms with van der Waals surface area (Å²) in [6, 6.07) is 13.8. The summed E-state index contributed by atoms with van der Waals surface area (Å²) < 4.78 is 13.4. The first kappa shape index (κ1) is 34.2. The summed E-state index contributed by atoms with van der Waals surface area (Å²) >= 11 is 1.65. The van der Waals surface area contributed by atoms with Crippen molar-refractivity contribution in [2.24, 2.45) is 0 Å². The Balaban J connectivity index is 1.31. The van der Waals surface area contributed by atoms with E-state index in [1.165, 1.54) is 20.0 Å². The van der Waals surface area contributed by atoms with Crippen LogP contribution in [0.1, 0.15) is 40.9 Å². The van der Waals surface area contributed by atoms with E-state index in [4.69, 9.17) is 9.47 Å². The van der Waals surface area contributed by atoms with Crippen molar-refractivity contribution in [3.63, 3.8) is 0 Å². The van der Waals surface area contributed by atoms with Crippen LogP contribution in [-0.4, -0.2) is 113 Å². The van der Waals surface area contributed by atoms with E-state index < -0.39 is 11.9 Å². The van der Waals surface area contributed by atoms with Crippen LogP contribution in [0, 0.1) is 0 Å². The first-order valence-corrected chi connectivity index (χ1v) is 17.5. The summed E-state index contributed by atoms with van der Waals surface area (Å²) in [5.74, 6) is 1.28. The van der Waals surface area contributed by atoms with Gasteiger partial charge in [-0.1, -0.05) is 41.6 Å². The Labute approximate surface area is 280 Å². The number of amides is 3. The third-order valence-electron chi connectivity index (χ3n) is 8.36. The number of carbonyl (C=O) groups is 3. The van der Waals surface area contributed by atoms with Gasteiger partial charge in [-0.15, -0.1) is 5.10 Å². The summed E-state index contributed by atoms with van der Waals surface area (Å²) in [6.07, 6.45) is 5.84. The maximum absolute atomic E-state index is 13.7. The van der Waals surface area contributed by atoms with Crippen LogP contribution in [0.25, 0.3) is 0 Å². The number of aromatic nitrogens is 3. The number of hydrogen-bond acceptors (Lipinski definition) is 9. The molecular formula is C34H45N7O5S. The highest BCUT2D eigenvalue weighted by Crippen LogP contribution is 2.31. The maximum atomic E-state index is 13.7. The molecule has 1 aromatic heterocycles. The molecule has 5 rings (SSSR count). The molecule has 0 saturated carbocycles. The van der Waals surface area contributed by atoms with Crippen LogP contribution in [0.2, 0.25) is 0 Å². The molecule has 0 unspecified atom stereocenters. The van der Waals surface area contributed by atoms with Crippen LogP contribution in [0.5, 0.6) is 11.5 Å². The van der Waals surface area contributed by atoms with Crippen LogP contribution in [0.15, 0.2) is 54.7 Å². The van der Waals surface area contributed by atoms with E-state index in [1.807, 2.05) is 36.5 Å². The summed E-state index contributed by atoms with van der Waals surface area (Å²) in [5.41, 5.74) is 1.97. The first-order valence-electron chi connectivity index (χ1n) is 16.4. The van der Waals surface area contributed by atoms with Crippen LogP contribution in [-0.2, 0) is 29.0 Å². The number of methoxy groups -OCH3 is 1. The Morgan fingerprint density at radius 3 is 2.66 bits per heavy atom. The third-order valence-corrected chi connectivity index (χ3v) is 9.28. The molecule has 2 aliphatic heterocycles. The molecule has 13 heteroatoms. The van der Waals surface area contributed by atoms with E-state index in [2.05, 4.69) is 25.8 Å². The number of thioether (sulfide) groups is 1. The van der Waals surface area contributed by atoms with Crippen LogP contribution < -0.4 is 20.1 Å². The van der Waals surface area contributed by atoms with Gasteiger partial charge in [0.05, 0.1) is 30.7 Å². The van der Waals surface area contributed by atoms with Gasteiger partial charge >= 0.3 is 0 Å². The minimum atomic E-state index is -0.856. The zero-order valence-electron chi connectivity index (χ0n) is 27.1. The summed E-state index contributed by atoms with van der Waals surface area (Å²) in [6.45, 7) is 5.19. The number of nitrogens with one attached hydrogen (secondary N) is 2. The highest BCUT2D eigenvalue weighted by molar-refractivity contribution is 7.99. The van der Waals surface area contributed by atoms with Crippen LogP contribution >= 0.6 is 11.8 Å². The zero-order chi connectivity index (χ0) is 32.8. The second-order valence-corrected chi connectivity index (χ2v) is 12.9. The number of likely N-dealkylation sites (tertiary alicyclic amines) is 1. The molecule has 12 nitrogen and oxygen atoms in total. The van der Waals surface area contributed by atoms with Gasteiger partial charge in [0.15, 0.2) is 11.5 Å². The van der Waals surface area contributed by atoms with Crippen molar-refractivity contribution < 1.29 is 23.9 Å². The molecule has 2 bridgehead atoms. The molecule has 3 heterocycles. The number of hydrogen-bond donors (Lipinski definition) is 2. The molecule has 1 fully saturated rings. The molecule has 3 amide bonds. The van der Waals surface area contributed by atoms with Crippen molar-refractivity contribution in [1.82, 2.24) is 35.4 Å². The molecule has 0 radical (unpaired) electrons. The van der Waals surface area contributed by atoms with E-state index in [0.29, 0.717) is 62.8 Å². The Morgan fingerprint density at radius 1 is 1.02 bits per heavy atom. The Kier molecular flexibility index (Phi) is 12.9. The standard InChI is InChI=1S/C34H45N7O5S/c1-45-30-12-7-11-28-32(30)46-21-8-17-41-24-27(37-38-41)13-18-40(31(42)25-47-22-20-39-15-5-6-16-39)19-14-35-34(44)29(36-33(28)43)23-26-9-3-2-4-10-26/h2-4,7,9-12,24,29H,5-6,8,13-23,25H2,1H3,(H,35,44)(H,36,43)/t29-/m0/s1. The lowest BCUT2D eigenvalue weighted by Crippen LogP contribution is -2.50. The Hall–Kier alpha value is -4.10. The number of benzene rings is 2. The summed E-state index contributed by atoms with van der Waals surface area (Å²) in [5, 5.41) is 14.5. The molecule has 47 heavy (non-hydrogen) atoms. The van der Waals surface area contributed by atoms with E-state index in [1.54, 1.807) is 39.5 Å². The normalized spacial score (nSPS) is 18.6. The van der Waals surface area contributed by atoms with E-state index in [0.717, 1.165) is 36.6 Å². The molecule has 2 aliphatic rings. The number of carbonyl (C=O) groups excluding carboxylic acids is 3. The number of ether oxygens (including phenoxy) is 2. The predicted molar refractivity (Wildman–Crippen MR) is 181 cm³/mol. The molecule has 3 aromatic rings. The number of para-hydroxylation sites is 1. The monoisotopic (exact) mass is 663 g/mol. The van der Waals surface area contributed by atoms with Gasteiger partial charge in [0.25, 0.3) is 5.91 Å². The van der Waals surface area contributed by atoms with E-state index in [9.17, 15) is 14.4 Å². The molecule has 2 N–H and O–H groups in total. The van der Waals surface area contributed by atoms with Gasteiger partial charge in [0.2, 0.25) is 11.8 Å². The topological polar surface area (TPSA) is 131 Å². The lowest BCUT2D eigenvalue weighted by Gasteiger charge is -2.24. The largest absolute Gasteiger partial charge is 0.493 e. The van der Waals surface area contributed by atoms with Crippen LogP contribution in [0.4, 0.5) is 0 Å². The lowest BCUT2D eigenvalue weighted by molar-refractivity contribution is -0.129. The number of nitrogens with zero attached hydrogens (tertiary/aromatic N) is 5. The smallest absolute Gasteiger partial charge is 0.255 e. The fourth-order valence-electron chi connectivity index (χ4n) is 5.76. The molecule has 2 aromatic carbocycles. The van der Waals surface area contributed by atoms with Crippen molar-refractivity contribution in [2.45, 2.75) is 44.7 Å². The number of rotatable bonds is 8. The minimum absolute atomic E-state index is 0.0285. The van der Waals surface area contributed by atoms with Gasteiger partial charge in [0, 0.05) is 63.9 Å². The van der Waals surface area contributed by atoms with E-state index >= 15 is 0 Å². The van der Waals surface area contributed by atoms with Crippen molar-refractivity contribution in [3.05, 3.63) is 71.5 Å². The number of fused-ring (bicyclic) bond motifs is 3. The average Bonchev–Trinajstić information content (AvgIpc) is 3.78. The maximum Gasteiger partial charge on any atom is 0.255 e. The predicted octanol–water partition coefficient (Wildman–Crippen LogP) is 2.43. The second kappa shape index (κ2) is 17.7. The van der Waals surface area contributed by atoms with Crippen LogP contribution in [0.3, 0.4) is 0 Å². The van der Waals surface area contributed by atoms with Gasteiger partial charge in [0.1, 0.15) is 6.04 Å². The highest BCUT2D eigenvalue weighted by Gasteiger charge is 2.25. The molecular weight excluding hydrogens is 618 g/mol. The van der Waals surface area contributed by atoms with Crippen molar-refractivity contribution in [2.75, 3.05) is 64.5 Å². The number of aryl methyl sites for hydroxylation is 1. The van der Waals surface area contributed by atoms with Crippen molar-refractivity contribution in [1.29, 1.82) is 0 Å².